The Kier molecular flexibility index (Phi) is 4.78. The molecule has 2 aliphatic rings. The smallest absolute Gasteiger partial charge is 0.165 e. The summed E-state index contributed by atoms with van der Waals surface area (Å²) in [6.45, 7) is 2.45. The van der Waals surface area contributed by atoms with Gasteiger partial charge < -0.3 is 10.2 Å². The van der Waals surface area contributed by atoms with E-state index in [1.807, 2.05) is 31.3 Å². The SMILES string of the molecule is C[C@@H]1C(=O)C(=CO)C[C@]2(c3ccccc3)c3n[nH]c(-c4cnn(CCO)c4)c3CC[C@@H]12. The molecule has 0 spiro atoms. The summed E-state index contributed by atoms with van der Waals surface area (Å²) in [6.07, 6.45) is 6.81. The summed E-state index contributed by atoms with van der Waals surface area (Å²) in [4.78, 5) is 12.9. The standard InChI is InChI=1S/C24H26N4O3/c1-15-20-8-7-19-21(17-12-25-28(13-17)9-10-29)26-27-23(19)24(20,11-16(14-30)22(15)31)18-5-3-2-4-6-18/h2-6,12-15,20,29-30H,7-11H2,1H3,(H,26,27)/t15-,20-,24+/m0/s1. The van der Waals surface area contributed by atoms with Gasteiger partial charge in [0.25, 0.3) is 0 Å². The van der Waals surface area contributed by atoms with E-state index in [9.17, 15) is 15.0 Å². The molecule has 0 unspecified atom stereocenters. The maximum atomic E-state index is 12.9. The number of nitrogens with zero attached hydrogens (tertiary/aromatic N) is 3. The van der Waals surface area contributed by atoms with Gasteiger partial charge in [-0.1, -0.05) is 37.3 Å². The third-order valence-electron chi connectivity index (χ3n) is 7.13. The lowest BCUT2D eigenvalue weighted by Gasteiger charge is -2.49. The fourth-order valence-corrected chi connectivity index (χ4v) is 5.71. The van der Waals surface area contributed by atoms with E-state index in [0.717, 1.165) is 47.2 Å². The zero-order valence-electron chi connectivity index (χ0n) is 17.5. The highest BCUT2D eigenvalue weighted by atomic mass is 16.3. The lowest BCUT2D eigenvalue weighted by Crippen LogP contribution is -2.50. The van der Waals surface area contributed by atoms with E-state index < -0.39 is 5.41 Å². The van der Waals surface area contributed by atoms with E-state index in [-0.39, 0.29) is 24.2 Å². The Labute approximate surface area is 180 Å². The number of nitrogens with one attached hydrogen (secondary N) is 1. The van der Waals surface area contributed by atoms with Crippen molar-refractivity contribution in [2.45, 2.75) is 38.1 Å². The number of aliphatic hydroxyl groups excluding tert-OH is 2. The number of aromatic nitrogens is 4. The summed E-state index contributed by atoms with van der Waals surface area (Å²) in [6, 6.07) is 10.2. The third kappa shape index (κ3) is 2.87. The van der Waals surface area contributed by atoms with E-state index in [1.54, 1.807) is 10.9 Å². The van der Waals surface area contributed by atoms with Crippen LogP contribution in [0.4, 0.5) is 0 Å². The fourth-order valence-electron chi connectivity index (χ4n) is 5.71. The molecule has 1 fully saturated rings. The second-order valence-corrected chi connectivity index (χ2v) is 8.61. The molecule has 2 aromatic heterocycles. The van der Waals surface area contributed by atoms with Gasteiger partial charge in [0.1, 0.15) is 0 Å². The highest BCUT2D eigenvalue weighted by Gasteiger charge is 2.55. The lowest BCUT2D eigenvalue weighted by molar-refractivity contribution is -0.123. The Bertz CT molecular complexity index is 1150. The van der Waals surface area contributed by atoms with Crippen LogP contribution in [0.1, 0.15) is 36.6 Å². The van der Waals surface area contributed by atoms with Crippen molar-refractivity contribution in [3.63, 3.8) is 0 Å². The average Bonchev–Trinajstić information content (AvgIpc) is 3.44. The highest BCUT2D eigenvalue weighted by Crippen LogP contribution is 2.56. The first kappa shape index (κ1) is 19.8. The van der Waals surface area contributed by atoms with E-state index in [4.69, 9.17) is 5.10 Å². The van der Waals surface area contributed by atoms with Gasteiger partial charge in [0, 0.05) is 34.2 Å². The molecule has 160 valence electrons. The van der Waals surface area contributed by atoms with Crippen LogP contribution >= 0.6 is 0 Å². The summed E-state index contributed by atoms with van der Waals surface area (Å²) in [7, 11) is 0. The molecular formula is C24H26N4O3. The number of rotatable bonds is 4. The fraction of sp³-hybridized carbons (Fsp3) is 0.375. The van der Waals surface area contributed by atoms with Crippen molar-refractivity contribution < 1.29 is 15.0 Å². The zero-order chi connectivity index (χ0) is 21.6. The molecular weight excluding hydrogens is 392 g/mol. The molecule has 2 heterocycles. The molecule has 3 aromatic rings. The van der Waals surface area contributed by atoms with Crippen molar-refractivity contribution in [2.24, 2.45) is 11.8 Å². The molecule has 1 saturated carbocycles. The number of Topliss-reactive ketones (excluding diaryl/α,β-unsaturated/α-hetero) is 1. The number of aliphatic hydroxyl groups is 2. The largest absolute Gasteiger partial charge is 0.515 e. The van der Waals surface area contributed by atoms with Gasteiger partial charge in [0.05, 0.1) is 37.0 Å². The highest BCUT2D eigenvalue weighted by molar-refractivity contribution is 5.98. The predicted octanol–water partition coefficient (Wildman–Crippen LogP) is 3.16. The molecule has 5 rings (SSSR count). The summed E-state index contributed by atoms with van der Waals surface area (Å²) in [5.41, 5.74) is 5.07. The number of fused-ring (bicyclic) bond motifs is 3. The topological polar surface area (TPSA) is 104 Å². The van der Waals surface area contributed by atoms with Gasteiger partial charge in [-0.25, -0.2) is 0 Å². The normalized spacial score (nSPS) is 26.6. The molecule has 7 nitrogen and oxygen atoms in total. The summed E-state index contributed by atoms with van der Waals surface area (Å²) in [5.74, 6) is -0.0663. The van der Waals surface area contributed by atoms with E-state index in [1.165, 1.54) is 0 Å². The number of ketones is 1. The number of benzene rings is 1. The van der Waals surface area contributed by atoms with Gasteiger partial charge in [-0.05, 0) is 30.7 Å². The number of H-pyrrole nitrogens is 1. The van der Waals surface area contributed by atoms with Gasteiger partial charge >= 0.3 is 0 Å². The number of aromatic amines is 1. The Morgan fingerprint density at radius 3 is 2.87 bits per heavy atom. The molecule has 3 atom stereocenters. The lowest BCUT2D eigenvalue weighted by atomic mass is 9.52. The van der Waals surface area contributed by atoms with Crippen molar-refractivity contribution in [1.82, 2.24) is 20.0 Å². The van der Waals surface area contributed by atoms with Crippen LogP contribution in [0, 0.1) is 11.8 Å². The molecule has 7 heteroatoms. The molecule has 0 bridgehead atoms. The first-order valence-electron chi connectivity index (χ1n) is 10.7. The monoisotopic (exact) mass is 418 g/mol. The zero-order valence-corrected chi connectivity index (χ0v) is 17.5. The van der Waals surface area contributed by atoms with Gasteiger partial charge in [-0.2, -0.15) is 10.2 Å². The predicted molar refractivity (Wildman–Crippen MR) is 115 cm³/mol. The summed E-state index contributed by atoms with van der Waals surface area (Å²) in [5, 5.41) is 31.5. The maximum Gasteiger partial charge on any atom is 0.165 e. The molecule has 1 aromatic carbocycles. The molecule has 0 radical (unpaired) electrons. The third-order valence-corrected chi connectivity index (χ3v) is 7.13. The Morgan fingerprint density at radius 2 is 2.13 bits per heavy atom. The van der Waals surface area contributed by atoms with Gasteiger partial charge in [-0.3, -0.25) is 14.6 Å². The molecule has 2 aliphatic carbocycles. The second kappa shape index (κ2) is 7.50. The Balaban J connectivity index is 1.70. The van der Waals surface area contributed by atoms with Crippen molar-refractivity contribution in [2.75, 3.05) is 6.61 Å². The minimum absolute atomic E-state index is 0.0309. The molecule has 0 aliphatic heterocycles. The van der Waals surface area contributed by atoms with Gasteiger partial charge in [0.2, 0.25) is 0 Å². The van der Waals surface area contributed by atoms with Crippen molar-refractivity contribution in [1.29, 1.82) is 0 Å². The van der Waals surface area contributed by atoms with Crippen LogP contribution in [-0.2, 0) is 23.2 Å². The summed E-state index contributed by atoms with van der Waals surface area (Å²) < 4.78 is 1.72. The van der Waals surface area contributed by atoms with Crippen LogP contribution in [0.2, 0.25) is 0 Å². The molecule has 0 amide bonds. The van der Waals surface area contributed by atoms with Crippen LogP contribution in [0.3, 0.4) is 0 Å². The van der Waals surface area contributed by atoms with Gasteiger partial charge in [0.15, 0.2) is 5.78 Å². The number of allylic oxidation sites excluding steroid dienone is 1. The van der Waals surface area contributed by atoms with Crippen LogP contribution in [-0.4, -0.2) is 42.6 Å². The van der Waals surface area contributed by atoms with Crippen LogP contribution < -0.4 is 0 Å². The second-order valence-electron chi connectivity index (χ2n) is 8.61. The molecule has 0 saturated heterocycles. The van der Waals surface area contributed by atoms with Crippen LogP contribution in [0.5, 0.6) is 0 Å². The van der Waals surface area contributed by atoms with E-state index in [2.05, 4.69) is 22.3 Å². The maximum absolute atomic E-state index is 12.9. The van der Waals surface area contributed by atoms with Crippen molar-refractivity contribution >= 4 is 5.78 Å². The summed E-state index contributed by atoms with van der Waals surface area (Å²) >= 11 is 0. The first-order valence-corrected chi connectivity index (χ1v) is 10.7. The Morgan fingerprint density at radius 1 is 1.32 bits per heavy atom. The van der Waals surface area contributed by atoms with Crippen molar-refractivity contribution in [3.8, 4) is 11.3 Å². The Hall–Kier alpha value is -3.19. The first-order chi connectivity index (χ1) is 15.1. The number of carbonyl (C=O) groups is 1. The molecule has 3 N–H and O–H groups in total. The number of hydrogen-bond donors (Lipinski definition) is 3. The average molecular weight is 418 g/mol. The minimum Gasteiger partial charge on any atom is -0.515 e. The number of hydrogen-bond acceptors (Lipinski definition) is 5. The van der Waals surface area contributed by atoms with Gasteiger partial charge in [-0.15, -0.1) is 0 Å². The minimum atomic E-state index is -0.480. The van der Waals surface area contributed by atoms with Crippen LogP contribution in [0.15, 0.2) is 54.6 Å². The molecule has 31 heavy (non-hydrogen) atoms. The van der Waals surface area contributed by atoms with E-state index in [0.29, 0.717) is 18.5 Å². The van der Waals surface area contributed by atoms with Crippen molar-refractivity contribution in [3.05, 3.63) is 71.4 Å². The van der Waals surface area contributed by atoms with E-state index >= 15 is 0 Å². The van der Waals surface area contributed by atoms with Crippen LogP contribution in [0.25, 0.3) is 11.3 Å². The number of carbonyl (C=O) groups excluding carboxylic acids is 1. The quantitative estimate of drug-likeness (QED) is 0.446.